The smallest absolute Gasteiger partial charge is 0.270 e. The number of benzene rings is 1. The Hall–Kier alpha value is -2.14. The summed E-state index contributed by atoms with van der Waals surface area (Å²) < 4.78 is 0. The number of rotatable bonds is 3. The van der Waals surface area contributed by atoms with E-state index >= 15 is 0 Å². The van der Waals surface area contributed by atoms with Gasteiger partial charge < -0.3 is 4.98 Å². The number of aryl methyl sites for hydroxylation is 2. The average Bonchev–Trinajstić information content (AvgIpc) is 2.67. The topological polar surface area (TPSA) is 76.0 Å². The molecule has 1 aromatic heterocycles. The van der Waals surface area contributed by atoms with E-state index in [0.717, 1.165) is 11.3 Å². The molecule has 98 valence electrons. The van der Waals surface area contributed by atoms with Crippen LogP contribution in [0.25, 0.3) is 0 Å². The normalized spacial score (nSPS) is 10.5. The molecule has 0 atom stereocenters. The number of nitrogens with zero attached hydrogens (tertiary/aromatic N) is 1. The Morgan fingerprint density at radius 2 is 2.00 bits per heavy atom. The van der Waals surface area contributed by atoms with Gasteiger partial charge in [0.2, 0.25) is 5.78 Å². The highest BCUT2D eigenvalue weighted by atomic mass is 35.5. The largest absolute Gasteiger partial charge is 0.356 e. The van der Waals surface area contributed by atoms with Crippen molar-refractivity contribution in [2.24, 2.45) is 0 Å². The Labute approximate surface area is 114 Å². The zero-order chi connectivity index (χ0) is 14.2. The van der Waals surface area contributed by atoms with Crippen LogP contribution in [0.4, 0.5) is 5.69 Å². The van der Waals surface area contributed by atoms with Gasteiger partial charge in [-0.15, -0.1) is 0 Å². The standard InChI is InChI=1S/C13H11ClN2O3/c1-7-5-8(2)15-12(7)13(17)10-4-3-9(16(18)19)6-11(10)14/h3-6,15H,1-2H3. The summed E-state index contributed by atoms with van der Waals surface area (Å²) in [5, 5.41) is 10.7. The first-order valence-electron chi connectivity index (χ1n) is 5.55. The van der Waals surface area contributed by atoms with Crippen LogP contribution in [0, 0.1) is 24.0 Å². The maximum absolute atomic E-state index is 12.3. The third kappa shape index (κ3) is 2.51. The highest BCUT2D eigenvalue weighted by Gasteiger charge is 2.19. The van der Waals surface area contributed by atoms with Gasteiger partial charge in [-0.3, -0.25) is 14.9 Å². The fraction of sp³-hybridized carbons (Fsp3) is 0.154. The van der Waals surface area contributed by atoms with Crippen molar-refractivity contribution in [3.05, 3.63) is 61.9 Å². The van der Waals surface area contributed by atoms with Gasteiger partial charge in [0, 0.05) is 23.4 Å². The molecule has 2 rings (SSSR count). The fourth-order valence-electron chi connectivity index (χ4n) is 1.90. The average molecular weight is 279 g/mol. The number of halogens is 1. The van der Waals surface area contributed by atoms with E-state index in [1.54, 1.807) is 0 Å². The number of hydrogen-bond donors (Lipinski definition) is 1. The Bertz CT molecular complexity index is 677. The lowest BCUT2D eigenvalue weighted by Gasteiger charge is -2.03. The molecule has 0 amide bonds. The predicted octanol–water partition coefficient (Wildman–Crippen LogP) is 3.42. The molecule has 2 aromatic rings. The summed E-state index contributed by atoms with van der Waals surface area (Å²) in [5.41, 5.74) is 2.25. The molecule has 1 N–H and O–H groups in total. The van der Waals surface area contributed by atoms with Crippen LogP contribution in [0.1, 0.15) is 27.3 Å². The fourth-order valence-corrected chi connectivity index (χ4v) is 2.16. The van der Waals surface area contributed by atoms with Crippen LogP contribution in [0.3, 0.4) is 0 Å². The van der Waals surface area contributed by atoms with Crippen molar-refractivity contribution in [2.75, 3.05) is 0 Å². The van der Waals surface area contributed by atoms with Crippen molar-refractivity contribution in [3.63, 3.8) is 0 Å². The van der Waals surface area contributed by atoms with Gasteiger partial charge in [0.1, 0.15) is 0 Å². The number of nitro benzene ring substituents is 1. The lowest BCUT2D eigenvalue weighted by atomic mass is 10.1. The van der Waals surface area contributed by atoms with Gasteiger partial charge in [-0.05, 0) is 31.5 Å². The second-order valence-electron chi connectivity index (χ2n) is 4.26. The third-order valence-corrected chi connectivity index (χ3v) is 3.10. The van der Waals surface area contributed by atoms with Gasteiger partial charge >= 0.3 is 0 Å². The summed E-state index contributed by atoms with van der Waals surface area (Å²) in [6.45, 7) is 3.66. The highest BCUT2D eigenvalue weighted by Crippen LogP contribution is 2.25. The second kappa shape index (κ2) is 4.85. The molecule has 0 spiro atoms. The highest BCUT2D eigenvalue weighted by molar-refractivity contribution is 6.35. The van der Waals surface area contributed by atoms with Crippen LogP contribution in [0.2, 0.25) is 5.02 Å². The number of hydrogen-bond acceptors (Lipinski definition) is 3. The lowest BCUT2D eigenvalue weighted by molar-refractivity contribution is -0.384. The van der Waals surface area contributed by atoms with Crippen LogP contribution in [-0.4, -0.2) is 15.7 Å². The van der Waals surface area contributed by atoms with Gasteiger partial charge in [-0.25, -0.2) is 0 Å². The first-order chi connectivity index (χ1) is 8.90. The van der Waals surface area contributed by atoms with E-state index in [2.05, 4.69) is 4.98 Å². The van der Waals surface area contributed by atoms with Crippen LogP contribution in [0.15, 0.2) is 24.3 Å². The molecule has 1 heterocycles. The number of aromatic amines is 1. The van der Waals surface area contributed by atoms with Crippen LogP contribution >= 0.6 is 11.6 Å². The SMILES string of the molecule is Cc1cc(C)c(C(=O)c2ccc([N+](=O)[O-])cc2Cl)[nH]1. The van der Waals surface area contributed by atoms with Crippen LogP contribution < -0.4 is 0 Å². The molecule has 0 fully saturated rings. The number of H-pyrrole nitrogens is 1. The first-order valence-corrected chi connectivity index (χ1v) is 5.93. The van der Waals surface area contributed by atoms with E-state index in [-0.39, 0.29) is 22.1 Å². The van der Waals surface area contributed by atoms with E-state index < -0.39 is 4.92 Å². The van der Waals surface area contributed by atoms with Gasteiger partial charge in [0.25, 0.3) is 5.69 Å². The maximum Gasteiger partial charge on any atom is 0.270 e. The summed E-state index contributed by atoms with van der Waals surface area (Å²) >= 11 is 5.94. The van der Waals surface area contributed by atoms with Crippen molar-refractivity contribution >= 4 is 23.1 Å². The van der Waals surface area contributed by atoms with Gasteiger partial charge in [0.15, 0.2) is 0 Å². The maximum atomic E-state index is 12.3. The zero-order valence-electron chi connectivity index (χ0n) is 10.4. The number of non-ortho nitro benzene ring substituents is 1. The van der Waals surface area contributed by atoms with Crippen molar-refractivity contribution in [3.8, 4) is 0 Å². The summed E-state index contributed by atoms with van der Waals surface area (Å²) in [5.74, 6) is -0.273. The van der Waals surface area contributed by atoms with E-state index in [4.69, 9.17) is 11.6 Å². The molecular formula is C13H11ClN2O3. The number of ketones is 1. The Morgan fingerprint density at radius 1 is 1.32 bits per heavy atom. The molecule has 0 aliphatic carbocycles. The molecule has 0 saturated heterocycles. The Balaban J connectivity index is 2.45. The Kier molecular flexibility index (Phi) is 3.40. The van der Waals surface area contributed by atoms with Gasteiger partial charge in [-0.1, -0.05) is 11.6 Å². The molecule has 0 unspecified atom stereocenters. The molecule has 0 aliphatic rings. The number of nitrogens with one attached hydrogen (secondary N) is 1. The number of carbonyl (C=O) groups excluding carboxylic acids is 1. The predicted molar refractivity (Wildman–Crippen MR) is 71.8 cm³/mol. The quantitative estimate of drug-likeness (QED) is 0.531. The second-order valence-corrected chi connectivity index (χ2v) is 4.67. The minimum Gasteiger partial charge on any atom is -0.356 e. The molecular weight excluding hydrogens is 268 g/mol. The zero-order valence-corrected chi connectivity index (χ0v) is 11.1. The van der Waals surface area contributed by atoms with E-state index in [1.807, 2.05) is 19.9 Å². The first kappa shape index (κ1) is 13.3. The summed E-state index contributed by atoms with van der Waals surface area (Å²) in [6, 6.07) is 5.68. The van der Waals surface area contributed by atoms with E-state index in [9.17, 15) is 14.9 Å². The summed E-state index contributed by atoms with van der Waals surface area (Å²) in [6.07, 6.45) is 0. The molecule has 0 radical (unpaired) electrons. The summed E-state index contributed by atoms with van der Waals surface area (Å²) in [4.78, 5) is 25.3. The lowest BCUT2D eigenvalue weighted by Crippen LogP contribution is -2.05. The number of nitro groups is 1. The minimum absolute atomic E-state index is 0.0749. The minimum atomic E-state index is -0.551. The van der Waals surface area contributed by atoms with Crippen molar-refractivity contribution in [2.45, 2.75) is 13.8 Å². The molecule has 6 heteroatoms. The molecule has 1 aromatic carbocycles. The van der Waals surface area contributed by atoms with Gasteiger partial charge in [0.05, 0.1) is 15.6 Å². The van der Waals surface area contributed by atoms with E-state index in [1.165, 1.54) is 18.2 Å². The number of aromatic nitrogens is 1. The van der Waals surface area contributed by atoms with Crippen LogP contribution in [-0.2, 0) is 0 Å². The van der Waals surface area contributed by atoms with Crippen molar-refractivity contribution in [1.29, 1.82) is 0 Å². The number of carbonyl (C=O) groups is 1. The Morgan fingerprint density at radius 3 is 2.47 bits per heavy atom. The molecule has 19 heavy (non-hydrogen) atoms. The van der Waals surface area contributed by atoms with Crippen molar-refractivity contribution in [1.82, 2.24) is 4.98 Å². The van der Waals surface area contributed by atoms with Gasteiger partial charge in [-0.2, -0.15) is 0 Å². The third-order valence-electron chi connectivity index (χ3n) is 2.78. The molecule has 0 bridgehead atoms. The van der Waals surface area contributed by atoms with Crippen LogP contribution in [0.5, 0.6) is 0 Å². The summed E-state index contributed by atoms with van der Waals surface area (Å²) in [7, 11) is 0. The molecule has 0 aliphatic heterocycles. The molecule has 5 nitrogen and oxygen atoms in total. The monoisotopic (exact) mass is 278 g/mol. The van der Waals surface area contributed by atoms with E-state index in [0.29, 0.717) is 5.69 Å². The molecule has 0 saturated carbocycles. The van der Waals surface area contributed by atoms with Crippen molar-refractivity contribution < 1.29 is 9.72 Å².